The molecule has 1 saturated heterocycles. The highest BCUT2D eigenvalue weighted by molar-refractivity contribution is 7.80. The maximum Gasteiger partial charge on any atom is 0.303 e. The first-order valence-electron chi connectivity index (χ1n) is 9.91. The number of nitrogens with zero attached hydrogens (tertiary/aromatic N) is 1. The molecule has 0 unspecified atom stereocenters. The molecule has 14 nitrogen and oxygen atoms in total. The fourth-order valence-corrected chi connectivity index (χ4v) is 3.27. The first-order chi connectivity index (χ1) is 15.7. The minimum absolute atomic E-state index is 0.296. The van der Waals surface area contributed by atoms with E-state index in [9.17, 15) is 28.8 Å². The van der Waals surface area contributed by atoms with Gasteiger partial charge in [-0.3, -0.25) is 34.2 Å². The van der Waals surface area contributed by atoms with E-state index in [0.29, 0.717) is 0 Å². The Morgan fingerprint density at radius 1 is 0.794 bits per heavy atom. The molecule has 0 aromatic heterocycles. The number of hydrogen-bond acceptors (Lipinski definition) is 12. The summed E-state index contributed by atoms with van der Waals surface area (Å²) in [6.45, 7) is 6.14. The number of esters is 4. The molecule has 0 bridgehead atoms. The minimum Gasteiger partial charge on any atom is -0.463 e. The minimum atomic E-state index is -1.54. The van der Waals surface area contributed by atoms with Crippen molar-refractivity contribution in [3.63, 3.8) is 0 Å². The summed E-state index contributed by atoms with van der Waals surface area (Å²) >= 11 is 4.99. The molecule has 2 N–H and O–H groups in total. The third-order valence-corrected chi connectivity index (χ3v) is 4.26. The SMILES string of the molecule is CC(=O)NC(=S)NN(C(C)=O)[C@@H]1O[C@H](COC(C)=O)[C@@H](OC(C)=O)[C@H](OC(C)=O)[C@H]1OC(C)=O. The Morgan fingerprint density at radius 2 is 1.29 bits per heavy atom. The molecule has 2 amide bonds. The van der Waals surface area contributed by atoms with Gasteiger partial charge in [0.25, 0.3) is 0 Å². The van der Waals surface area contributed by atoms with Crippen LogP contribution in [0, 0.1) is 0 Å². The van der Waals surface area contributed by atoms with Crippen molar-refractivity contribution in [1.82, 2.24) is 15.8 Å². The molecule has 1 aliphatic rings. The molecule has 1 fully saturated rings. The number of hydrogen-bond donors (Lipinski definition) is 2. The van der Waals surface area contributed by atoms with E-state index in [2.05, 4.69) is 10.7 Å². The molecule has 34 heavy (non-hydrogen) atoms. The standard InChI is InChI=1S/C19H27N3O11S/c1-8(23)20-19(34)21-22(9(2)24)18-17(32-13(6)28)16(31-12(5)27)15(30-11(4)26)14(33-18)7-29-10(3)25/h14-18H,7H2,1-6H3,(H2,20,21,23,34)/t14-,15-,16+,17-,18-/m1/s1. The second-order valence-electron chi connectivity index (χ2n) is 7.10. The van der Waals surface area contributed by atoms with Crippen molar-refractivity contribution < 1.29 is 52.5 Å². The Labute approximate surface area is 200 Å². The molecule has 5 atom stereocenters. The quantitative estimate of drug-likeness (QED) is 0.192. The maximum absolute atomic E-state index is 12.4. The molecule has 15 heteroatoms. The molecule has 190 valence electrons. The third kappa shape index (κ3) is 8.90. The van der Waals surface area contributed by atoms with Gasteiger partial charge in [0, 0.05) is 41.5 Å². The molecular weight excluding hydrogens is 478 g/mol. The fraction of sp³-hybridized carbons (Fsp3) is 0.632. The van der Waals surface area contributed by atoms with Gasteiger partial charge >= 0.3 is 23.9 Å². The number of ether oxygens (including phenoxy) is 5. The summed E-state index contributed by atoms with van der Waals surface area (Å²) in [5.41, 5.74) is 2.45. The lowest BCUT2D eigenvalue weighted by Crippen LogP contribution is -2.69. The third-order valence-electron chi connectivity index (χ3n) is 4.07. The number of amides is 2. The van der Waals surface area contributed by atoms with E-state index < -0.39 is 72.9 Å². The first kappa shape index (κ1) is 28.7. The summed E-state index contributed by atoms with van der Waals surface area (Å²) in [5, 5.41) is 2.74. The Morgan fingerprint density at radius 3 is 1.74 bits per heavy atom. The Balaban J connectivity index is 3.54. The Bertz CT molecular complexity index is 849. The highest BCUT2D eigenvalue weighted by atomic mass is 32.1. The zero-order valence-electron chi connectivity index (χ0n) is 19.4. The molecule has 0 aliphatic carbocycles. The first-order valence-corrected chi connectivity index (χ1v) is 10.3. The van der Waals surface area contributed by atoms with Gasteiger partial charge < -0.3 is 29.0 Å². The topological polar surface area (TPSA) is 176 Å². The summed E-state index contributed by atoms with van der Waals surface area (Å²) in [6.07, 6.45) is -7.22. The molecule has 0 aromatic rings. The highest BCUT2D eigenvalue weighted by Crippen LogP contribution is 2.30. The van der Waals surface area contributed by atoms with Gasteiger partial charge in [-0.05, 0) is 12.2 Å². The predicted octanol–water partition coefficient (Wildman–Crippen LogP) is -1.16. The molecule has 0 aromatic carbocycles. The second kappa shape index (κ2) is 12.8. The lowest BCUT2D eigenvalue weighted by molar-refractivity contribution is -0.278. The van der Waals surface area contributed by atoms with Gasteiger partial charge in [0.2, 0.25) is 11.8 Å². The molecule has 1 aliphatic heterocycles. The average molecular weight is 506 g/mol. The van der Waals surface area contributed by atoms with Crippen molar-refractivity contribution in [1.29, 1.82) is 0 Å². The van der Waals surface area contributed by atoms with Gasteiger partial charge in [-0.2, -0.15) is 0 Å². The maximum atomic E-state index is 12.4. The number of carbonyl (C=O) groups excluding carboxylic acids is 6. The lowest BCUT2D eigenvalue weighted by Gasteiger charge is -2.47. The van der Waals surface area contributed by atoms with Crippen LogP contribution in [0.1, 0.15) is 41.5 Å². The van der Waals surface area contributed by atoms with E-state index in [4.69, 9.17) is 35.9 Å². The van der Waals surface area contributed by atoms with Crippen molar-refractivity contribution in [2.75, 3.05) is 6.61 Å². The monoisotopic (exact) mass is 505 g/mol. The Kier molecular flexibility index (Phi) is 10.8. The van der Waals surface area contributed by atoms with Gasteiger partial charge in [0.1, 0.15) is 12.7 Å². The van der Waals surface area contributed by atoms with Crippen molar-refractivity contribution in [2.24, 2.45) is 0 Å². The van der Waals surface area contributed by atoms with Gasteiger partial charge in [-0.1, -0.05) is 0 Å². The molecule has 1 rings (SSSR count). The van der Waals surface area contributed by atoms with Crippen molar-refractivity contribution >= 4 is 53.0 Å². The summed E-state index contributed by atoms with van der Waals surface area (Å²) < 4.78 is 26.7. The van der Waals surface area contributed by atoms with Crippen molar-refractivity contribution in [2.45, 2.75) is 72.2 Å². The normalized spacial score (nSPS) is 23.5. The van der Waals surface area contributed by atoms with Crippen LogP contribution in [0.2, 0.25) is 0 Å². The Hall–Kier alpha value is -3.33. The van der Waals surface area contributed by atoms with Crippen LogP contribution < -0.4 is 10.7 Å². The molecule has 1 heterocycles. The van der Waals surface area contributed by atoms with Gasteiger partial charge in [0.05, 0.1) is 0 Å². The van der Waals surface area contributed by atoms with Crippen LogP contribution in [-0.4, -0.2) is 83.1 Å². The van der Waals surface area contributed by atoms with E-state index in [0.717, 1.165) is 39.6 Å². The highest BCUT2D eigenvalue weighted by Gasteiger charge is 2.54. The predicted molar refractivity (Wildman–Crippen MR) is 114 cm³/mol. The zero-order valence-corrected chi connectivity index (χ0v) is 20.3. The van der Waals surface area contributed by atoms with Crippen LogP contribution >= 0.6 is 12.2 Å². The summed E-state index contributed by atoms with van der Waals surface area (Å²) in [6, 6.07) is 0. The molecular formula is C19H27N3O11S. The summed E-state index contributed by atoms with van der Waals surface area (Å²) in [5.74, 6) is -4.42. The number of nitrogens with one attached hydrogen (secondary N) is 2. The van der Waals surface area contributed by atoms with Crippen LogP contribution in [0.5, 0.6) is 0 Å². The fourth-order valence-electron chi connectivity index (χ4n) is 3.03. The number of hydrazine groups is 1. The number of carbonyl (C=O) groups is 6. The van der Waals surface area contributed by atoms with Gasteiger partial charge in [-0.25, -0.2) is 5.01 Å². The number of rotatable bonds is 6. The molecule has 0 radical (unpaired) electrons. The second-order valence-corrected chi connectivity index (χ2v) is 7.51. The van der Waals surface area contributed by atoms with Crippen LogP contribution in [0.15, 0.2) is 0 Å². The van der Waals surface area contributed by atoms with E-state index in [1.54, 1.807) is 0 Å². The van der Waals surface area contributed by atoms with E-state index in [-0.39, 0.29) is 5.11 Å². The summed E-state index contributed by atoms with van der Waals surface area (Å²) in [4.78, 5) is 70.6. The van der Waals surface area contributed by atoms with E-state index in [1.165, 1.54) is 6.92 Å². The van der Waals surface area contributed by atoms with Crippen LogP contribution in [0.3, 0.4) is 0 Å². The van der Waals surface area contributed by atoms with E-state index in [1.807, 2.05) is 0 Å². The van der Waals surface area contributed by atoms with Gasteiger partial charge in [-0.15, -0.1) is 0 Å². The van der Waals surface area contributed by atoms with E-state index >= 15 is 0 Å². The van der Waals surface area contributed by atoms with Crippen molar-refractivity contribution in [3.05, 3.63) is 0 Å². The lowest BCUT2D eigenvalue weighted by atomic mass is 9.97. The number of thiocarbonyl (C=S) groups is 1. The molecule has 0 spiro atoms. The van der Waals surface area contributed by atoms with Gasteiger partial charge in [0.15, 0.2) is 29.7 Å². The zero-order chi connectivity index (χ0) is 26.2. The summed E-state index contributed by atoms with van der Waals surface area (Å²) in [7, 11) is 0. The molecule has 0 saturated carbocycles. The largest absolute Gasteiger partial charge is 0.463 e. The smallest absolute Gasteiger partial charge is 0.303 e. The van der Waals surface area contributed by atoms with Crippen LogP contribution in [0.25, 0.3) is 0 Å². The van der Waals surface area contributed by atoms with Crippen LogP contribution in [-0.2, 0) is 52.5 Å². The van der Waals surface area contributed by atoms with Crippen molar-refractivity contribution in [3.8, 4) is 0 Å². The van der Waals surface area contributed by atoms with Crippen LogP contribution in [0.4, 0.5) is 0 Å². The average Bonchev–Trinajstić information content (AvgIpc) is 2.66.